The van der Waals surface area contributed by atoms with E-state index in [-0.39, 0.29) is 11.0 Å². The Labute approximate surface area is 188 Å². The van der Waals surface area contributed by atoms with Crippen LogP contribution in [0, 0.1) is 5.41 Å². The van der Waals surface area contributed by atoms with Gasteiger partial charge in [-0.2, -0.15) is 0 Å². The van der Waals surface area contributed by atoms with Gasteiger partial charge in [-0.25, -0.2) is 9.97 Å². The number of aromatic nitrogens is 2. The number of hydrogen-bond acceptors (Lipinski definition) is 6. The molecular formula is C25H29N5O2. The fourth-order valence-electron chi connectivity index (χ4n) is 5.28. The Balaban J connectivity index is 1.22. The summed E-state index contributed by atoms with van der Waals surface area (Å²) < 4.78 is 6.18. The molecule has 3 aliphatic heterocycles. The topological polar surface area (TPSA) is 70.9 Å². The molecule has 0 radical (unpaired) electrons. The van der Waals surface area contributed by atoms with E-state index in [4.69, 9.17) is 9.73 Å². The minimum atomic E-state index is -0.163. The summed E-state index contributed by atoms with van der Waals surface area (Å²) >= 11 is 0. The van der Waals surface area contributed by atoms with E-state index in [9.17, 15) is 4.79 Å². The maximum Gasteiger partial charge on any atom is 0.228 e. The third kappa shape index (κ3) is 3.26. The van der Waals surface area contributed by atoms with Crippen molar-refractivity contribution in [1.82, 2.24) is 14.9 Å². The fourth-order valence-corrected chi connectivity index (χ4v) is 5.28. The number of nitrogens with zero attached hydrogens (tertiary/aromatic N) is 5. The summed E-state index contributed by atoms with van der Waals surface area (Å²) in [5.41, 5.74) is 3.90. The van der Waals surface area contributed by atoms with Gasteiger partial charge in [0.05, 0.1) is 23.4 Å². The Morgan fingerprint density at radius 1 is 1.00 bits per heavy atom. The Morgan fingerprint density at radius 2 is 1.78 bits per heavy atom. The van der Waals surface area contributed by atoms with Gasteiger partial charge in [-0.15, -0.1) is 0 Å². The summed E-state index contributed by atoms with van der Waals surface area (Å²) in [6, 6.07) is 8.33. The number of carbonyl (C=O) groups is 1. The number of anilines is 1. The fraction of sp³-hybridized carbons (Fsp3) is 0.520. The lowest BCUT2D eigenvalue weighted by atomic mass is 9.77. The number of benzene rings is 1. The molecule has 1 aromatic heterocycles. The summed E-state index contributed by atoms with van der Waals surface area (Å²) in [6.45, 7) is 5.39. The summed E-state index contributed by atoms with van der Waals surface area (Å²) in [6.07, 6.45) is 6.61. The van der Waals surface area contributed by atoms with Crippen LogP contribution in [0.1, 0.15) is 55.8 Å². The number of amides is 1. The molecule has 4 aliphatic rings. The second-order valence-corrected chi connectivity index (χ2v) is 10.0. The zero-order chi connectivity index (χ0) is 21.9. The zero-order valence-corrected chi connectivity index (χ0v) is 18.8. The van der Waals surface area contributed by atoms with Crippen molar-refractivity contribution >= 4 is 17.4 Å². The summed E-state index contributed by atoms with van der Waals surface area (Å²) in [4.78, 5) is 30.7. The van der Waals surface area contributed by atoms with Crippen LogP contribution in [0.25, 0.3) is 0 Å². The average molecular weight is 432 g/mol. The summed E-state index contributed by atoms with van der Waals surface area (Å²) in [7, 11) is 1.92. The van der Waals surface area contributed by atoms with Gasteiger partial charge >= 0.3 is 0 Å². The minimum Gasteiger partial charge on any atom is -0.488 e. The molecule has 1 amide bonds. The molecule has 7 nitrogen and oxygen atoms in total. The van der Waals surface area contributed by atoms with Crippen molar-refractivity contribution in [3.63, 3.8) is 0 Å². The highest BCUT2D eigenvalue weighted by Gasteiger charge is 2.47. The van der Waals surface area contributed by atoms with Gasteiger partial charge in [0.25, 0.3) is 0 Å². The van der Waals surface area contributed by atoms with E-state index < -0.39 is 0 Å². The predicted octanol–water partition coefficient (Wildman–Crippen LogP) is 3.21. The van der Waals surface area contributed by atoms with Crippen molar-refractivity contribution in [1.29, 1.82) is 0 Å². The van der Waals surface area contributed by atoms with Crippen molar-refractivity contribution in [2.45, 2.75) is 51.2 Å². The van der Waals surface area contributed by atoms with Crippen LogP contribution >= 0.6 is 0 Å². The lowest BCUT2D eigenvalue weighted by Crippen LogP contribution is -2.44. The average Bonchev–Trinajstić information content (AvgIpc) is 3.28. The van der Waals surface area contributed by atoms with E-state index in [1.807, 2.05) is 18.0 Å². The maximum atomic E-state index is 12.6. The van der Waals surface area contributed by atoms with Gasteiger partial charge in [-0.1, -0.05) is 6.07 Å². The van der Waals surface area contributed by atoms with Crippen molar-refractivity contribution in [2.24, 2.45) is 10.4 Å². The number of ether oxygens (including phenoxy) is 1. The highest BCUT2D eigenvalue weighted by molar-refractivity contribution is 6.14. The largest absolute Gasteiger partial charge is 0.488 e. The van der Waals surface area contributed by atoms with E-state index >= 15 is 0 Å². The maximum absolute atomic E-state index is 12.6. The Morgan fingerprint density at radius 3 is 2.50 bits per heavy atom. The van der Waals surface area contributed by atoms with Crippen LogP contribution in [0.2, 0.25) is 0 Å². The number of fused-ring (bicyclic) bond motifs is 1. The van der Waals surface area contributed by atoms with Crippen LogP contribution in [-0.4, -0.2) is 58.8 Å². The molecule has 0 atom stereocenters. The first-order valence-corrected chi connectivity index (χ1v) is 11.6. The summed E-state index contributed by atoms with van der Waals surface area (Å²) in [5.74, 6) is 2.13. The van der Waals surface area contributed by atoms with E-state index in [2.05, 4.69) is 40.0 Å². The smallest absolute Gasteiger partial charge is 0.228 e. The van der Waals surface area contributed by atoms with Crippen molar-refractivity contribution in [3.05, 3.63) is 47.4 Å². The third-order valence-electron chi connectivity index (χ3n) is 7.73. The van der Waals surface area contributed by atoms with Gasteiger partial charge < -0.3 is 14.5 Å². The molecule has 7 heteroatoms. The minimum absolute atomic E-state index is 0.00658. The number of rotatable bonds is 4. The first kappa shape index (κ1) is 19.7. The number of hydrogen-bond donors (Lipinski definition) is 0. The number of piperidine rings is 1. The van der Waals surface area contributed by atoms with Crippen LogP contribution in [0.5, 0.6) is 5.75 Å². The number of carbonyl (C=O) groups excluding carboxylic acids is 1. The van der Waals surface area contributed by atoms with Gasteiger partial charge in [-0.05, 0) is 56.7 Å². The van der Waals surface area contributed by atoms with Gasteiger partial charge in [0, 0.05) is 38.3 Å². The molecule has 2 aromatic rings. The van der Waals surface area contributed by atoms with Crippen LogP contribution in [0.4, 0.5) is 5.82 Å². The summed E-state index contributed by atoms with van der Waals surface area (Å²) in [5, 5.41) is 0. The number of aliphatic imine (C=N–C) groups is 1. The predicted molar refractivity (Wildman–Crippen MR) is 122 cm³/mol. The van der Waals surface area contributed by atoms with Crippen molar-refractivity contribution < 1.29 is 9.53 Å². The molecule has 0 N–H and O–H groups in total. The first-order valence-electron chi connectivity index (χ1n) is 11.6. The Hall–Kier alpha value is -2.96. The molecular weight excluding hydrogens is 402 g/mol. The van der Waals surface area contributed by atoms with E-state index in [1.165, 1.54) is 5.56 Å². The Kier molecular flexibility index (Phi) is 4.32. The highest BCUT2D eigenvalue weighted by Crippen LogP contribution is 2.42. The van der Waals surface area contributed by atoms with Gasteiger partial charge in [-0.3, -0.25) is 9.79 Å². The molecule has 32 heavy (non-hydrogen) atoms. The van der Waals surface area contributed by atoms with Crippen molar-refractivity contribution in [3.8, 4) is 5.75 Å². The third-order valence-corrected chi connectivity index (χ3v) is 7.73. The molecule has 4 heterocycles. The molecule has 3 fully saturated rings. The van der Waals surface area contributed by atoms with Crippen LogP contribution in [0.15, 0.2) is 35.6 Å². The highest BCUT2D eigenvalue weighted by atomic mass is 16.5. The van der Waals surface area contributed by atoms with E-state index in [1.54, 1.807) is 6.33 Å². The van der Waals surface area contributed by atoms with Crippen LogP contribution in [-0.2, 0) is 11.3 Å². The van der Waals surface area contributed by atoms with Gasteiger partial charge in [0.2, 0.25) is 5.91 Å². The molecule has 0 bridgehead atoms. The number of likely N-dealkylation sites (tertiary alicyclic amines) is 1. The quantitative estimate of drug-likeness (QED) is 0.744. The first-order chi connectivity index (χ1) is 15.4. The van der Waals surface area contributed by atoms with Crippen molar-refractivity contribution in [2.75, 3.05) is 31.6 Å². The normalized spacial score (nSPS) is 22.8. The lowest BCUT2D eigenvalue weighted by Gasteiger charge is -2.38. The monoisotopic (exact) mass is 431 g/mol. The van der Waals surface area contributed by atoms with Crippen LogP contribution < -0.4 is 9.64 Å². The second-order valence-electron chi connectivity index (χ2n) is 10.0. The Bertz CT molecular complexity index is 1120. The van der Waals surface area contributed by atoms with E-state index in [0.717, 1.165) is 80.3 Å². The zero-order valence-electron chi connectivity index (χ0n) is 18.8. The molecule has 1 saturated carbocycles. The second kappa shape index (κ2) is 7.02. The van der Waals surface area contributed by atoms with Gasteiger partial charge in [0.15, 0.2) is 0 Å². The lowest BCUT2D eigenvalue weighted by molar-refractivity contribution is -0.135. The molecule has 0 unspecified atom stereocenters. The van der Waals surface area contributed by atoms with E-state index in [0.29, 0.717) is 12.5 Å². The molecule has 2 saturated heterocycles. The van der Waals surface area contributed by atoms with Gasteiger partial charge in [0.1, 0.15) is 23.5 Å². The van der Waals surface area contributed by atoms with Crippen LogP contribution in [0.3, 0.4) is 0 Å². The molecule has 166 valence electrons. The molecule has 1 aliphatic carbocycles. The SMILES string of the molecule is CN1CCC2(CCN(c3cc(C4=NCc5ccc(OC6(C)CC6)cc54)ncn3)CC2)C1=O. The molecule has 1 aromatic carbocycles. The standard InChI is InChI=1S/C25H29N5O2/c1-24(5-6-24)32-18-4-3-17-15-26-22(19(17)13-18)20-14-21(28-16-27-20)30-11-8-25(9-12-30)7-10-29(2)23(25)31/h3-4,13-14,16H,5-12,15H2,1-2H3. The molecule has 6 rings (SSSR count). The molecule has 1 spiro atoms.